The van der Waals surface area contributed by atoms with Crippen molar-refractivity contribution in [2.75, 3.05) is 19.6 Å². The first-order valence-corrected chi connectivity index (χ1v) is 10.3. The molecule has 2 aliphatic heterocycles. The van der Waals surface area contributed by atoms with Crippen LogP contribution >= 0.6 is 0 Å². The summed E-state index contributed by atoms with van der Waals surface area (Å²) >= 11 is 0. The lowest BCUT2D eigenvalue weighted by atomic mass is 9.51. The molecular weight excluding hydrogens is 340 g/mol. The Bertz CT molecular complexity index is 747. The highest BCUT2D eigenvalue weighted by Crippen LogP contribution is 2.57. The zero-order valence-corrected chi connectivity index (χ0v) is 16.7. The molecule has 3 aliphatic rings. The lowest BCUT2D eigenvalue weighted by molar-refractivity contribution is -0.0237. The smallest absolute Gasteiger partial charge is 0.320 e. The van der Waals surface area contributed by atoms with Crippen molar-refractivity contribution in [3.8, 4) is 5.75 Å². The van der Waals surface area contributed by atoms with Gasteiger partial charge in [-0.15, -0.1) is 0 Å². The second-order valence-electron chi connectivity index (χ2n) is 9.37. The van der Waals surface area contributed by atoms with E-state index in [2.05, 4.69) is 31.7 Å². The number of nitrogens with zero attached hydrogens (tertiary/aromatic N) is 2. The van der Waals surface area contributed by atoms with E-state index in [1.54, 1.807) is 6.07 Å². The number of likely N-dealkylation sites (tertiary alicyclic amines) is 2. The Balaban J connectivity index is 1.67. The Morgan fingerprint density at radius 1 is 1.15 bits per heavy atom. The summed E-state index contributed by atoms with van der Waals surface area (Å²) in [5, 5.41) is 20.4. The van der Waals surface area contributed by atoms with Gasteiger partial charge >= 0.3 is 6.03 Å². The molecular formula is C22H32N2O3. The molecule has 0 aromatic heterocycles. The third-order valence-corrected chi connectivity index (χ3v) is 7.84. The van der Waals surface area contributed by atoms with Crippen molar-refractivity contribution in [3.05, 3.63) is 29.3 Å². The molecule has 1 aromatic carbocycles. The molecule has 27 heavy (non-hydrogen) atoms. The van der Waals surface area contributed by atoms with Crippen molar-refractivity contribution in [2.45, 2.75) is 70.4 Å². The second-order valence-corrected chi connectivity index (χ2v) is 9.37. The van der Waals surface area contributed by atoms with Crippen LogP contribution in [-0.4, -0.2) is 57.8 Å². The van der Waals surface area contributed by atoms with Gasteiger partial charge in [0.1, 0.15) is 5.75 Å². The van der Waals surface area contributed by atoms with E-state index in [0.717, 1.165) is 37.9 Å². The number of aliphatic hydroxyl groups is 1. The Morgan fingerprint density at radius 3 is 2.70 bits per heavy atom. The molecule has 0 spiro atoms. The van der Waals surface area contributed by atoms with Crippen LogP contribution in [0.4, 0.5) is 4.79 Å². The van der Waals surface area contributed by atoms with Gasteiger partial charge in [0.05, 0.1) is 6.10 Å². The molecule has 5 heteroatoms. The number of benzene rings is 1. The fraction of sp³-hybridized carbons (Fsp3) is 0.682. The summed E-state index contributed by atoms with van der Waals surface area (Å²) < 4.78 is 0. The summed E-state index contributed by atoms with van der Waals surface area (Å²) in [4.78, 5) is 17.4. The minimum atomic E-state index is -0.289. The average molecular weight is 373 g/mol. The minimum Gasteiger partial charge on any atom is -0.508 e. The largest absolute Gasteiger partial charge is 0.508 e. The number of phenolic OH excluding ortho intramolecular Hbond substituents is 1. The van der Waals surface area contributed by atoms with Gasteiger partial charge in [-0.3, -0.25) is 0 Å². The summed E-state index contributed by atoms with van der Waals surface area (Å²) in [5.41, 5.74) is 2.12. The van der Waals surface area contributed by atoms with Gasteiger partial charge in [-0.25, -0.2) is 4.79 Å². The first-order chi connectivity index (χ1) is 12.8. The van der Waals surface area contributed by atoms with Crippen LogP contribution in [-0.2, 0) is 11.8 Å². The van der Waals surface area contributed by atoms with Gasteiger partial charge in [-0.1, -0.05) is 32.9 Å². The van der Waals surface area contributed by atoms with Crippen LogP contribution < -0.4 is 0 Å². The fourth-order valence-corrected chi connectivity index (χ4v) is 5.61. The van der Waals surface area contributed by atoms with Crippen LogP contribution in [0.5, 0.6) is 5.75 Å². The van der Waals surface area contributed by atoms with Gasteiger partial charge in [-0.2, -0.15) is 0 Å². The van der Waals surface area contributed by atoms with Gasteiger partial charge in [0.2, 0.25) is 0 Å². The van der Waals surface area contributed by atoms with Crippen molar-refractivity contribution in [3.63, 3.8) is 0 Å². The van der Waals surface area contributed by atoms with Gasteiger partial charge < -0.3 is 20.0 Å². The quantitative estimate of drug-likeness (QED) is 0.735. The molecule has 3 atom stereocenters. The SMILES string of the molecule is CC1(C)[C@H]2Cc3c(O)cccc3[C@]1(C)CCN2C(=O)N1CCCC(O)CC1. The molecule has 1 unspecified atom stereocenters. The van der Waals surface area contributed by atoms with E-state index >= 15 is 0 Å². The van der Waals surface area contributed by atoms with Crippen molar-refractivity contribution in [2.24, 2.45) is 5.41 Å². The molecule has 2 heterocycles. The minimum absolute atomic E-state index is 0.0598. The predicted molar refractivity (Wildman–Crippen MR) is 105 cm³/mol. The normalized spacial score (nSPS) is 32.6. The van der Waals surface area contributed by atoms with Crippen molar-refractivity contribution in [1.82, 2.24) is 9.80 Å². The first-order valence-electron chi connectivity index (χ1n) is 10.3. The summed E-state index contributed by atoms with van der Waals surface area (Å²) in [6.07, 6.45) is 3.60. The van der Waals surface area contributed by atoms with Crippen molar-refractivity contribution < 1.29 is 15.0 Å². The van der Waals surface area contributed by atoms with Gasteiger partial charge in [-0.05, 0) is 54.7 Å². The van der Waals surface area contributed by atoms with Crippen LogP contribution in [0.2, 0.25) is 0 Å². The number of aromatic hydroxyl groups is 1. The van der Waals surface area contributed by atoms with Crippen molar-refractivity contribution in [1.29, 1.82) is 0 Å². The zero-order valence-electron chi connectivity index (χ0n) is 16.7. The Kier molecular flexibility index (Phi) is 4.41. The molecule has 1 aliphatic carbocycles. The van der Waals surface area contributed by atoms with Crippen LogP contribution in [0.3, 0.4) is 0 Å². The molecule has 0 radical (unpaired) electrons. The number of rotatable bonds is 0. The van der Waals surface area contributed by atoms with E-state index in [4.69, 9.17) is 0 Å². The number of hydrogen-bond donors (Lipinski definition) is 2. The summed E-state index contributed by atoms with van der Waals surface area (Å²) in [6, 6.07) is 6.02. The number of aliphatic hydroxyl groups excluding tert-OH is 1. The van der Waals surface area contributed by atoms with E-state index in [0.29, 0.717) is 25.1 Å². The monoisotopic (exact) mass is 372 g/mol. The van der Waals surface area contributed by atoms with Gasteiger partial charge in [0.15, 0.2) is 0 Å². The molecule has 2 bridgehead atoms. The van der Waals surface area contributed by atoms with Gasteiger partial charge in [0.25, 0.3) is 0 Å². The number of hydrogen-bond acceptors (Lipinski definition) is 3. The third kappa shape index (κ3) is 2.74. The van der Waals surface area contributed by atoms with E-state index in [1.807, 2.05) is 11.0 Å². The molecule has 5 nitrogen and oxygen atoms in total. The Labute approximate surface area is 162 Å². The van der Waals surface area contributed by atoms with Crippen molar-refractivity contribution >= 4 is 6.03 Å². The Hall–Kier alpha value is -1.75. The van der Waals surface area contributed by atoms with Crippen LogP contribution in [0.15, 0.2) is 18.2 Å². The van der Waals surface area contributed by atoms with E-state index in [-0.39, 0.29) is 29.0 Å². The number of phenols is 1. The maximum Gasteiger partial charge on any atom is 0.320 e. The molecule has 2 fully saturated rings. The summed E-state index contributed by atoms with van der Waals surface area (Å²) in [6.45, 7) is 8.94. The highest BCUT2D eigenvalue weighted by atomic mass is 16.3. The standard InChI is InChI=1S/C22H32N2O3/c1-21(2)19-14-16-17(7-4-8-18(16)26)22(21,3)10-13-24(19)20(27)23-11-5-6-15(25)9-12-23/h4,7-8,15,19,25-26H,5-6,9-14H2,1-3H3/t15?,19-,22+/m1/s1. The number of carbonyl (C=O) groups excluding carboxylic acids is 1. The van der Waals surface area contributed by atoms with E-state index in [9.17, 15) is 15.0 Å². The maximum absolute atomic E-state index is 13.4. The number of amides is 2. The summed E-state index contributed by atoms with van der Waals surface area (Å²) in [5.74, 6) is 0.353. The number of carbonyl (C=O) groups is 1. The molecule has 2 saturated heterocycles. The molecule has 1 aromatic rings. The highest BCUT2D eigenvalue weighted by Gasteiger charge is 2.57. The van der Waals surface area contributed by atoms with Crippen LogP contribution in [0.25, 0.3) is 0 Å². The number of piperidine rings is 1. The van der Waals surface area contributed by atoms with Crippen LogP contribution in [0.1, 0.15) is 57.6 Å². The first kappa shape index (κ1) is 18.6. The average Bonchev–Trinajstić information content (AvgIpc) is 2.83. The molecule has 2 amide bonds. The summed E-state index contributed by atoms with van der Waals surface area (Å²) in [7, 11) is 0. The zero-order chi connectivity index (χ0) is 19.4. The lowest BCUT2D eigenvalue weighted by Crippen LogP contribution is -2.66. The topological polar surface area (TPSA) is 64.0 Å². The van der Waals surface area contributed by atoms with E-state index in [1.165, 1.54) is 5.56 Å². The number of fused-ring (bicyclic) bond motifs is 4. The number of urea groups is 1. The molecule has 2 N–H and O–H groups in total. The second kappa shape index (κ2) is 6.40. The molecule has 0 saturated carbocycles. The van der Waals surface area contributed by atoms with Crippen LogP contribution in [0, 0.1) is 5.41 Å². The third-order valence-electron chi connectivity index (χ3n) is 7.84. The predicted octanol–water partition coefficient (Wildman–Crippen LogP) is 3.27. The fourth-order valence-electron chi connectivity index (χ4n) is 5.61. The maximum atomic E-state index is 13.4. The molecule has 4 rings (SSSR count). The van der Waals surface area contributed by atoms with E-state index < -0.39 is 0 Å². The molecule has 148 valence electrons. The van der Waals surface area contributed by atoms with Gasteiger partial charge in [0, 0.05) is 31.1 Å². The lowest BCUT2D eigenvalue weighted by Gasteiger charge is -2.61. The Morgan fingerprint density at radius 2 is 1.93 bits per heavy atom. The highest BCUT2D eigenvalue weighted by molar-refractivity contribution is 5.75.